The van der Waals surface area contributed by atoms with Gasteiger partial charge in [-0.1, -0.05) is 25.0 Å². The van der Waals surface area contributed by atoms with E-state index in [2.05, 4.69) is 15.6 Å². The van der Waals surface area contributed by atoms with Gasteiger partial charge in [0.1, 0.15) is 0 Å². The largest absolute Gasteiger partial charge is 0.357 e. The van der Waals surface area contributed by atoms with E-state index in [4.69, 9.17) is 0 Å². The maximum atomic E-state index is 11.4. The summed E-state index contributed by atoms with van der Waals surface area (Å²) in [5.41, 5.74) is 0.996. The first-order valence-electron chi connectivity index (χ1n) is 7.83. The van der Waals surface area contributed by atoms with Gasteiger partial charge in [0.25, 0.3) is 0 Å². The van der Waals surface area contributed by atoms with Crippen LogP contribution in [0.25, 0.3) is 0 Å². The van der Waals surface area contributed by atoms with Crippen LogP contribution >= 0.6 is 0 Å². The van der Waals surface area contributed by atoms with Gasteiger partial charge in [-0.3, -0.25) is 0 Å². The van der Waals surface area contributed by atoms with E-state index in [1.165, 1.54) is 31.9 Å². The van der Waals surface area contributed by atoms with E-state index < -0.39 is 9.84 Å². The van der Waals surface area contributed by atoms with Crippen molar-refractivity contribution in [2.75, 3.05) is 12.8 Å². The molecule has 1 fully saturated rings. The lowest BCUT2D eigenvalue weighted by Gasteiger charge is -2.16. The summed E-state index contributed by atoms with van der Waals surface area (Å²) >= 11 is 0. The summed E-state index contributed by atoms with van der Waals surface area (Å²) in [5, 5.41) is 6.72. The normalized spacial score (nSPS) is 16.7. The van der Waals surface area contributed by atoms with Crippen molar-refractivity contribution in [3.8, 4) is 0 Å². The first-order chi connectivity index (χ1) is 10.5. The highest BCUT2D eigenvalue weighted by Crippen LogP contribution is 2.17. The first kappa shape index (κ1) is 16.8. The third-order valence-electron chi connectivity index (χ3n) is 3.81. The molecule has 0 aliphatic heterocycles. The Morgan fingerprint density at radius 2 is 1.86 bits per heavy atom. The summed E-state index contributed by atoms with van der Waals surface area (Å²) < 4.78 is 22.9. The molecule has 0 bridgehead atoms. The average molecular weight is 323 g/mol. The first-order valence-corrected chi connectivity index (χ1v) is 9.72. The summed E-state index contributed by atoms with van der Waals surface area (Å²) in [6.45, 7) is 3.41. The molecule has 0 spiro atoms. The zero-order chi connectivity index (χ0) is 16.0. The Labute approximate surface area is 133 Å². The molecule has 1 aromatic rings. The molecular weight excluding hydrogens is 298 g/mol. The highest BCUT2D eigenvalue weighted by atomic mass is 32.2. The van der Waals surface area contributed by atoms with Crippen molar-refractivity contribution in [2.24, 2.45) is 4.99 Å². The molecule has 5 nitrogen and oxygen atoms in total. The molecule has 0 aromatic heterocycles. The molecule has 0 radical (unpaired) electrons. The Morgan fingerprint density at radius 1 is 1.23 bits per heavy atom. The van der Waals surface area contributed by atoms with Crippen LogP contribution in [0.3, 0.4) is 0 Å². The minimum absolute atomic E-state index is 0.344. The fraction of sp³-hybridized carbons (Fsp3) is 0.562. The van der Waals surface area contributed by atoms with Gasteiger partial charge in [-0.15, -0.1) is 0 Å². The lowest BCUT2D eigenvalue weighted by atomic mass is 10.2. The molecule has 1 aliphatic carbocycles. The van der Waals surface area contributed by atoms with Gasteiger partial charge in [0.15, 0.2) is 15.8 Å². The average Bonchev–Trinajstić information content (AvgIpc) is 2.97. The van der Waals surface area contributed by atoms with E-state index in [0.29, 0.717) is 17.5 Å². The summed E-state index contributed by atoms with van der Waals surface area (Å²) in [5.74, 6) is 0.835. The van der Waals surface area contributed by atoms with Crippen molar-refractivity contribution >= 4 is 15.8 Å². The van der Waals surface area contributed by atoms with Gasteiger partial charge in [0, 0.05) is 18.8 Å². The Kier molecular flexibility index (Phi) is 5.83. The van der Waals surface area contributed by atoms with Crippen LogP contribution in [0, 0.1) is 0 Å². The van der Waals surface area contributed by atoms with Crippen LogP contribution in [-0.4, -0.2) is 33.2 Å². The van der Waals surface area contributed by atoms with Crippen LogP contribution in [0.1, 0.15) is 38.2 Å². The fourth-order valence-corrected chi connectivity index (χ4v) is 3.23. The van der Waals surface area contributed by atoms with E-state index in [-0.39, 0.29) is 0 Å². The zero-order valence-electron chi connectivity index (χ0n) is 13.3. The standard InChI is InChI=1S/C16H25N3O2S/c1-3-17-16(19-14-6-4-5-7-14)18-12-13-8-10-15(11-9-13)22(2,20)21/h8-11,14H,3-7,12H2,1-2H3,(H2,17,18,19). The number of sulfone groups is 1. The van der Waals surface area contributed by atoms with Crippen molar-refractivity contribution in [1.29, 1.82) is 0 Å². The predicted octanol–water partition coefficient (Wildman–Crippen LogP) is 2.09. The van der Waals surface area contributed by atoms with Gasteiger partial charge in [0.05, 0.1) is 11.4 Å². The molecule has 1 saturated carbocycles. The molecule has 2 N–H and O–H groups in total. The highest BCUT2D eigenvalue weighted by molar-refractivity contribution is 7.90. The summed E-state index contributed by atoms with van der Waals surface area (Å²) in [4.78, 5) is 4.93. The van der Waals surface area contributed by atoms with E-state index in [1.807, 2.05) is 19.1 Å². The van der Waals surface area contributed by atoms with Crippen molar-refractivity contribution < 1.29 is 8.42 Å². The molecule has 0 unspecified atom stereocenters. The molecule has 22 heavy (non-hydrogen) atoms. The second-order valence-corrected chi connectivity index (χ2v) is 7.75. The van der Waals surface area contributed by atoms with Gasteiger partial charge in [0.2, 0.25) is 0 Å². The van der Waals surface area contributed by atoms with E-state index in [0.717, 1.165) is 18.1 Å². The smallest absolute Gasteiger partial charge is 0.191 e. The molecule has 0 heterocycles. The number of nitrogens with one attached hydrogen (secondary N) is 2. The number of hydrogen-bond donors (Lipinski definition) is 2. The SMILES string of the molecule is CCNC(=NCc1ccc(S(C)(=O)=O)cc1)NC1CCCC1. The van der Waals surface area contributed by atoms with Gasteiger partial charge < -0.3 is 10.6 Å². The van der Waals surface area contributed by atoms with E-state index >= 15 is 0 Å². The minimum atomic E-state index is -3.14. The highest BCUT2D eigenvalue weighted by Gasteiger charge is 2.15. The van der Waals surface area contributed by atoms with Crippen LogP contribution in [0.2, 0.25) is 0 Å². The van der Waals surface area contributed by atoms with Crippen LogP contribution in [0.5, 0.6) is 0 Å². The molecular formula is C16H25N3O2S. The predicted molar refractivity (Wildman–Crippen MR) is 89.8 cm³/mol. The van der Waals surface area contributed by atoms with Gasteiger partial charge in [-0.25, -0.2) is 13.4 Å². The molecule has 1 aliphatic rings. The number of guanidine groups is 1. The molecule has 0 atom stereocenters. The topological polar surface area (TPSA) is 70.6 Å². The Morgan fingerprint density at radius 3 is 2.41 bits per heavy atom. The van der Waals surface area contributed by atoms with Crippen LogP contribution in [-0.2, 0) is 16.4 Å². The van der Waals surface area contributed by atoms with Crippen LogP contribution < -0.4 is 10.6 Å². The minimum Gasteiger partial charge on any atom is -0.357 e. The van der Waals surface area contributed by atoms with Crippen LogP contribution in [0.4, 0.5) is 0 Å². The monoisotopic (exact) mass is 323 g/mol. The van der Waals surface area contributed by atoms with E-state index in [9.17, 15) is 8.42 Å². The fourth-order valence-electron chi connectivity index (χ4n) is 2.60. The molecule has 6 heteroatoms. The van der Waals surface area contributed by atoms with Gasteiger partial charge >= 0.3 is 0 Å². The molecule has 1 aromatic carbocycles. The quantitative estimate of drug-likeness (QED) is 0.643. The van der Waals surface area contributed by atoms with E-state index in [1.54, 1.807) is 12.1 Å². The number of rotatable bonds is 5. The molecule has 0 saturated heterocycles. The van der Waals surface area contributed by atoms with Crippen molar-refractivity contribution in [3.05, 3.63) is 29.8 Å². The Hall–Kier alpha value is -1.56. The summed E-state index contributed by atoms with van der Waals surface area (Å²) in [7, 11) is -3.14. The molecule has 122 valence electrons. The second-order valence-electron chi connectivity index (χ2n) is 5.74. The van der Waals surface area contributed by atoms with Crippen molar-refractivity contribution in [3.63, 3.8) is 0 Å². The number of hydrogen-bond acceptors (Lipinski definition) is 3. The lowest BCUT2D eigenvalue weighted by Crippen LogP contribution is -2.42. The third kappa shape index (κ3) is 5.02. The number of aliphatic imine (C=N–C) groups is 1. The van der Waals surface area contributed by atoms with Crippen molar-refractivity contribution in [2.45, 2.75) is 50.1 Å². The Balaban J connectivity index is 2.00. The Bertz CT molecular complexity index is 603. The summed E-state index contributed by atoms with van der Waals surface area (Å²) in [6.07, 6.45) is 6.18. The molecule has 0 amide bonds. The second kappa shape index (κ2) is 7.63. The van der Waals surface area contributed by atoms with Crippen molar-refractivity contribution in [1.82, 2.24) is 10.6 Å². The summed E-state index contributed by atoms with van der Waals surface area (Å²) in [6, 6.07) is 7.43. The zero-order valence-corrected chi connectivity index (χ0v) is 14.1. The maximum absolute atomic E-state index is 11.4. The molecule has 2 rings (SSSR count). The van der Waals surface area contributed by atoms with Gasteiger partial charge in [-0.2, -0.15) is 0 Å². The van der Waals surface area contributed by atoms with Crippen LogP contribution in [0.15, 0.2) is 34.2 Å². The number of nitrogens with zero attached hydrogens (tertiary/aromatic N) is 1. The maximum Gasteiger partial charge on any atom is 0.191 e. The third-order valence-corrected chi connectivity index (χ3v) is 4.94. The lowest BCUT2D eigenvalue weighted by molar-refractivity contribution is 0.602. The van der Waals surface area contributed by atoms with Gasteiger partial charge in [-0.05, 0) is 37.5 Å². The number of benzene rings is 1.